The summed E-state index contributed by atoms with van der Waals surface area (Å²) in [6.45, 7) is 6.97. The van der Waals surface area contributed by atoms with Gasteiger partial charge in [0.15, 0.2) is 12.2 Å². The summed E-state index contributed by atoms with van der Waals surface area (Å²) in [7, 11) is 0. The van der Waals surface area contributed by atoms with Crippen molar-refractivity contribution in [3.8, 4) is 6.07 Å². The van der Waals surface area contributed by atoms with Crippen LogP contribution in [0, 0.1) is 11.3 Å². The number of nitrogens with two attached hydrogens (primary N) is 1. The summed E-state index contributed by atoms with van der Waals surface area (Å²) in [4.78, 5) is 27.1. The third-order valence-electron chi connectivity index (χ3n) is 5.44. The van der Waals surface area contributed by atoms with Gasteiger partial charge in [0.25, 0.3) is 11.8 Å². The zero-order valence-corrected chi connectivity index (χ0v) is 18.5. The third kappa shape index (κ3) is 4.97. The Balaban J connectivity index is 1.72. The molecule has 1 aliphatic rings. The van der Waals surface area contributed by atoms with E-state index in [0.29, 0.717) is 29.0 Å². The van der Waals surface area contributed by atoms with Crippen LogP contribution in [0.3, 0.4) is 0 Å². The highest BCUT2D eigenvalue weighted by Gasteiger charge is 2.39. The normalized spacial score (nSPS) is 17.6. The average molecular weight is 437 g/mol. The Bertz CT molecular complexity index is 1040. The molecule has 32 heavy (non-hydrogen) atoms. The molecular formula is C24H28N4O4. The molecule has 0 aromatic heterocycles. The van der Waals surface area contributed by atoms with Crippen molar-refractivity contribution < 1.29 is 19.4 Å². The quantitative estimate of drug-likeness (QED) is 0.658. The minimum absolute atomic E-state index is 0.0143. The Morgan fingerprint density at radius 2 is 2.00 bits per heavy atom. The molecule has 0 unspecified atom stereocenters. The number of nitrogens with zero attached hydrogens (tertiary/aromatic N) is 2. The first-order valence-corrected chi connectivity index (χ1v) is 10.4. The molecule has 1 saturated heterocycles. The number of rotatable bonds is 5. The number of nitriles is 1. The van der Waals surface area contributed by atoms with Crippen molar-refractivity contribution in [1.82, 2.24) is 0 Å². The molecular weight excluding hydrogens is 408 g/mol. The second kappa shape index (κ2) is 9.49. The number of hydrogen-bond acceptors (Lipinski definition) is 6. The zero-order chi connectivity index (χ0) is 23.5. The van der Waals surface area contributed by atoms with Crippen LogP contribution in [0.1, 0.15) is 37.5 Å². The van der Waals surface area contributed by atoms with E-state index in [9.17, 15) is 14.7 Å². The molecule has 0 spiro atoms. The lowest BCUT2D eigenvalue weighted by Gasteiger charge is -2.34. The van der Waals surface area contributed by atoms with Crippen LogP contribution in [-0.2, 0) is 26.3 Å². The van der Waals surface area contributed by atoms with E-state index in [4.69, 9.17) is 15.7 Å². The molecule has 168 valence electrons. The fraction of sp³-hybridized carbons (Fsp3) is 0.375. The van der Waals surface area contributed by atoms with E-state index in [1.807, 2.05) is 30.3 Å². The number of amides is 2. The van der Waals surface area contributed by atoms with Crippen LogP contribution in [0.5, 0.6) is 0 Å². The van der Waals surface area contributed by atoms with E-state index in [0.717, 1.165) is 5.56 Å². The van der Waals surface area contributed by atoms with Crippen molar-refractivity contribution >= 4 is 23.2 Å². The Labute approximate surface area is 187 Å². The number of anilines is 2. The van der Waals surface area contributed by atoms with Gasteiger partial charge in [0.1, 0.15) is 0 Å². The fourth-order valence-corrected chi connectivity index (χ4v) is 3.53. The van der Waals surface area contributed by atoms with Crippen molar-refractivity contribution in [1.29, 1.82) is 5.26 Å². The maximum Gasteiger partial charge on any atom is 0.259 e. The number of carbonyl (C=O) groups is 2. The smallest absolute Gasteiger partial charge is 0.259 e. The predicted octanol–water partition coefficient (Wildman–Crippen LogP) is 2.05. The molecule has 1 heterocycles. The van der Waals surface area contributed by atoms with Crippen molar-refractivity contribution in [2.45, 2.75) is 44.9 Å². The lowest BCUT2D eigenvalue weighted by molar-refractivity contribution is -0.150. The molecule has 2 aromatic carbocycles. The summed E-state index contributed by atoms with van der Waals surface area (Å²) in [6.07, 6.45) is -3.02. The minimum atomic E-state index is -1.70. The number of ether oxygens (including phenoxy) is 1. The van der Waals surface area contributed by atoms with Gasteiger partial charge in [-0.1, -0.05) is 32.9 Å². The molecule has 1 aliphatic heterocycles. The summed E-state index contributed by atoms with van der Waals surface area (Å²) < 4.78 is 5.46. The number of benzene rings is 2. The Morgan fingerprint density at radius 3 is 2.59 bits per heavy atom. The van der Waals surface area contributed by atoms with Gasteiger partial charge in [-0.05, 0) is 46.9 Å². The Hall–Kier alpha value is -3.25. The van der Waals surface area contributed by atoms with Crippen molar-refractivity contribution in [3.05, 3.63) is 59.2 Å². The summed E-state index contributed by atoms with van der Waals surface area (Å²) in [5.74, 6) is -1.26. The first-order chi connectivity index (χ1) is 15.2. The first-order valence-electron chi connectivity index (χ1n) is 10.4. The van der Waals surface area contributed by atoms with Crippen LogP contribution in [0.2, 0.25) is 0 Å². The fourth-order valence-electron chi connectivity index (χ4n) is 3.53. The second-order valence-corrected chi connectivity index (χ2v) is 8.70. The third-order valence-corrected chi connectivity index (χ3v) is 5.44. The van der Waals surface area contributed by atoms with Gasteiger partial charge in [0.2, 0.25) is 0 Å². The number of carbonyl (C=O) groups excluding carboxylic acids is 2. The molecule has 0 bridgehead atoms. The zero-order valence-electron chi connectivity index (χ0n) is 18.5. The van der Waals surface area contributed by atoms with Gasteiger partial charge in [0.05, 0.1) is 18.2 Å². The van der Waals surface area contributed by atoms with Gasteiger partial charge in [0, 0.05) is 24.5 Å². The molecule has 0 radical (unpaired) electrons. The highest BCUT2D eigenvalue weighted by molar-refractivity contribution is 6.03. The van der Waals surface area contributed by atoms with E-state index in [2.05, 4.69) is 26.1 Å². The Kier molecular flexibility index (Phi) is 6.94. The molecule has 2 aromatic rings. The van der Waals surface area contributed by atoms with Crippen LogP contribution in [0.4, 0.5) is 11.4 Å². The number of hydrogen-bond donors (Lipinski definition) is 3. The standard InChI is InChI=1S/C24H28N4O4/c1-24(2,3)17-5-8-19(9-6-17)28-10-11-32-21(23(28)31)20(29)22(30)27-18-7-4-15(13-25)16(12-18)14-26/h4-9,12,20-21,29H,10-11,14,26H2,1-3H3,(H,27,30)/t20-,21-/m1/s1. The Morgan fingerprint density at radius 1 is 1.31 bits per heavy atom. The summed E-state index contributed by atoms with van der Waals surface area (Å²) in [5.41, 5.74) is 8.79. The molecule has 8 heteroatoms. The predicted molar refractivity (Wildman–Crippen MR) is 121 cm³/mol. The van der Waals surface area contributed by atoms with E-state index >= 15 is 0 Å². The highest BCUT2D eigenvalue weighted by atomic mass is 16.5. The topological polar surface area (TPSA) is 129 Å². The monoisotopic (exact) mass is 436 g/mol. The lowest BCUT2D eigenvalue weighted by Crippen LogP contribution is -2.55. The van der Waals surface area contributed by atoms with Crippen molar-refractivity contribution in [2.24, 2.45) is 5.73 Å². The molecule has 8 nitrogen and oxygen atoms in total. The van der Waals surface area contributed by atoms with Gasteiger partial charge in [-0.15, -0.1) is 0 Å². The molecule has 2 amide bonds. The summed E-state index contributed by atoms with van der Waals surface area (Å²) in [6, 6.07) is 14.3. The van der Waals surface area contributed by atoms with Gasteiger partial charge in [-0.2, -0.15) is 5.26 Å². The first kappa shape index (κ1) is 23.4. The van der Waals surface area contributed by atoms with E-state index in [1.54, 1.807) is 6.07 Å². The molecule has 0 saturated carbocycles. The van der Waals surface area contributed by atoms with Gasteiger partial charge >= 0.3 is 0 Å². The van der Waals surface area contributed by atoms with E-state index in [-0.39, 0.29) is 18.6 Å². The minimum Gasteiger partial charge on any atom is -0.380 e. The number of morpholine rings is 1. The number of aliphatic hydroxyl groups is 1. The van der Waals surface area contributed by atoms with E-state index < -0.39 is 24.0 Å². The van der Waals surface area contributed by atoms with Crippen LogP contribution < -0.4 is 16.0 Å². The highest BCUT2D eigenvalue weighted by Crippen LogP contribution is 2.27. The summed E-state index contributed by atoms with van der Waals surface area (Å²) in [5, 5.41) is 22.2. The average Bonchev–Trinajstić information content (AvgIpc) is 2.78. The number of aliphatic hydroxyl groups excluding tert-OH is 1. The SMILES string of the molecule is CC(C)(C)c1ccc(N2CCO[C@H]([C@@H](O)C(=O)Nc3ccc(C#N)c(CN)c3)C2=O)cc1. The summed E-state index contributed by atoms with van der Waals surface area (Å²) >= 11 is 0. The number of nitrogens with one attached hydrogen (secondary N) is 1. The largest absolute Gasteiger partial charge is 0.380 e. The van der Waals surface area contributed by atoms with Crippen LogP contribution >= 0.6 is 0 Å². The molecule has 3 rings (SSSR count). The van der Waals surface area contributed by atoms with Crippen LogP contribution in [0.25, 0.3) is 0 Å². The van der Waals surface area contributed by atoms with Crippen molar-refractivity contribution in [3.63, 3.8) is 0 Å². The van der Waals surface area contributed by atoms with Crippen LogP contribution in [0.15, 0.2) is 42.5 Å². The second-order valence-electron chi connectivity index (χ2n) is 8.70. The van der Waals surface area contributed by atoms with Gasteiger partial charge in [-0.25, -0.2) is 0 Å². The maximum atomic E-state index is 13.0. The van der Waals surface area contributed by atoms with E-state index in [1.165, 1.54) is 17.0 Å². The van der Waals surface area contributed by atoms with Gasteiger partial charge < -0.3 is 25.8 Å². The van der Waals surface area contributed by atoms with Crippen LogP contribution in [-0.4, -0.2) is 42.3 Å². The van der Waals surface area contributed by atoms with Gasteiger partial charge in [-0.3, -0.25) is 9.59 Å². The molecule has 4 N–H and O–H groups in total. The molecule has 1 fully saturated rings. The van der Waals surface area contributed by atoms with Crippen molar-refractivity contribution in [2.75, 3.05) is 23.4 Å². The molecule has 0 aliphatic carbocycles. The molecule has 2 atom stereocenters. The maximum absolute atomic E-state index is 13.0. The lowest BCUT2D eigenvalue weighted by atomic mass is 9.87.